The molecule has 1 fully saturated rings. The van der Waals surface area contributed by atoms with Gasteiger partial charge in [0, 0.05) is 29.9 Å². The van der Waals surface area contributed by atoms with Crippen LogP contribution in [0.15, 0.2) is 18.2 Å². The minimum absolute atomic E-state index is 0.0833. The fourth-order valence-corrected chi connectivity index (χ4v) is 9.18. The Balaban J connectivity index is 1.82. The maximum Gasteiger partial charge on any atom is 0.252 e. The van der Waals surface area contributed by atoms with Gasteiger partial charge in [0.1, 0.15) is 23.3 Å². The van der Waals surface area contributed by atoms with Crippen LogP contribution in [0.25, 0.3) is 0 Å². The molecule has 0 aliphatic carbocycles. The second-order valence-corrected chi connectivity index (χ2v) is 16.5. The lowest BCUT2D eigenvalue weighted by Gasteiger charge is -2.27. The molecule has 2 aliphatic heterocycles. The van der Waals surface area contributed by atoms with Crippen molar-refractivity contribution in [1.82, 2.24) is 20.9 Å². The van der Waals surface area contributed by atoms with E-state index in [2.05, 4.69) is 35.1 Å². The molecule has 1 saturated heterocycles. The van der Waals surface area contributed by atoms with Crippen molar-refractivity contribution in [3.63, 3.8) is 0 Å². The summed E-state index contributed by atoms with van der Waals surface area (Å²) in [5.41, 5.74) is 8.05. The van der Waals surface area contributed by atoms with E-state index in [1.807, 2.05) is 12.1 Å². The molecule has 0 saturated carbocycles. The van der Waals surface area contributed by atoms with Crippen LogP contribution in [-0.4, -0.2) is 84.2 Å². The van der Waals surface area contributed by atoms with Crippen molar-refractivity contribution in [2.24, 2.45) is 5.73 Å². The molecule has 51 heavy (non-hydrogen) atoms. The van der Waals surface area contributed by atoms with Crippen molar-refractivity contribution < 1.29 is 24.0 Å². The normalized spacial score (nSPS) is 19.9. The van der Waals surface area contributed by atoms with Crippen LogP contribution in [0.2, 0.25) is 0 Å². The van der Waals surface area contributed by atoms with Gasteiger partial charge >= 0.3 is 0 Å². The lowest BCUT2D eigenvalue weighted by Crippen LogP contribution is -2.49. The minimum atomic E-state index is -0.737. The average Bonchev–Trinajstić information content (AvgIpc) is 3.62. The van der Waals surface area contributed by atoms with E-state index < -0.39 is 23.9 Å². The highest BCUT2D eigenvalue weighted by atomic mass is 32.2. The third-order valence-electron chi connectivity index (χ3n) is 9.83. The summed E-state index contributed by atoms with van der Waals surface area (Å²) >= 11 is 0. The molecule has 5 amide bonds. The van der Waals surface area contributed by atoms with Crippen LogP contribution in [0.3, 0.4) is 0 Å². The van der Waals surface area contributed by atoms with Gasteiger partial charge in [-0.1, -0.05) is 71.3 Å². The van der Waals surface area contributed by atoms with Gasteiger partial charge in [-0.3, -0.25) is 24.0 Å². The zero-order valence-electron chi connectivity index (χ0n) is 31.3. The highest BCUT2D eigenvalue weighted by molar-refractivity contribution is 7.96. The first-order chi connectivity index (χ1) is 24.7. The summed E-state index contributed by atoms with van der Waals surface area (Å²) in [6, 6.07) is 4.09. The second kappa shape index (κ2) is 24.2. The third kappa shape index (κ3) is 15.6. The summed E-state index contributed by atoms with van der Waals surface area (Å²) < 4.78 is 0. The number of amides is 5. The molecular formula is C39H65N6O5S+. The van der Waals surface area contributed by atoms with Crippen LogP contribution in [0.4, 0.5) is 5.69 Å². The summed E-state index contributed by atoms with van der Waals surface area (Å²) in [7, 11) is 0.0833. The van der Waals surface area contributed by atoms with Crippen molar-refractivity contribution in [3.05, 3.63) is 29.3 Å². The van der Waals surface area contributed by atoms with Gasteiger partial charge < -0.3 is 31.9 Å². The molecule has 0 radical (unpaired) electrons. The van der Waals surface area contributed by atoms with E-state index >= 15 is 0 Å². The standard InChI is InChI=1S/C39H64N6O5S/c1-3-5-7-9-11-15-24-51(25-16-12-10-8-6-4-2)29-30-20-21-31-26-32(30)37(48)43-28-36(47)42-27-35(46)41-22-14-13-18-33(40)39(50)45-23-17-19-34(45)38(49)44-31/h20-21,26,33-34H,3-19,22-25,27-29,40H2,1-2H3,(H3-,41,42,43,44,46,47,48,49)/p+1/t33-,34-/m0/s1. The number of rotatable bonds is 16. The van der Waals surface area contributed by atoms with E-state index in [1.165, 1.54) is 77.0 Å². The third-order valence-corrected chi connectivity index (χ3v) is 12.3. The van der Waals surface area contributed by atoms with E-state index in [1.54, 1.807) is 11.0 Å². The molecular weight excluding hydrogens is 665 g/mol. The quantitative estimate of drug-likeness (QED) is 0.120. The largest absolute Gasteiger partial charge is 0.355 e. The molecule has 12 heteroatoms. The van der Waals surface area contributed by atoms with Crippen LogP contribution in [0, 0.1) is 0 Å². The molecule has 2 heterocycles. The first-order valence-corrected chi connectivity index (χ1v) is 21.4. The number of unbranched alkanes of at least 4 members (excludes halogenated alkanes) is 10. The first kappa shape index (κ1) is 42.3. The Hall–Kier alpha value is -3.12. The van der Waals surface area contributed by atoms with Gasteiger partial charge in [0.05, 0.1) is 19.1 Å². The first-order valence-electron chi connectivity index (χ1n) is 19.7. The molecule has 0 aromatic heterocycles. The maximum absolute atomic E-state index is 13.7. The summed E-state index contributed by atoms with van der Waals surface area (Å²) in [5, 5.41) is 11.1. The average molecular weight is 730 g/mol. The summed E-state index contributed by atoms with van der Waals surface area (Å²) in [4.78, 5) is 67.1. The monoisotopic (exact) mass is 729 g/mol. The van der Waals surface area contributed by atoms with Gasteiger partial charge in [0.15, 0.2) is 0 Å². The van der Waals surface area contributed by atoms with Gasteiger partial charge in [-0.15, -0.1) is 0 Å². The minimum Gasteiger partial charge on any atom is -0.355 e. The fourth-order valence-electron chi connectivity index (χ4n) is 6.77. The molecule has 6 N–H and O–H groups in total. The molecule has 2 aliphatic rings. The Labute approximate surface area is 309 Å². The van der Waals surface area contributed by atoms with Crippen molar-refractivity contribution >= 4 is 46.1 Å². The summed E-state index contributed by atoms with van der Waals surface area (Å²) in [6.45, 7) is 4.84. The lowest BCUT2D eigenvalue weighted by atomic mass is 10.1. The van der Waals surface area contributed by atoms with Crippen LogP contribution >= 0.6 is 0 Å². The van der Waals surface area contributed by atoms with Gasteiger partial charge in [0.25, 0.3) is 5.91 Å². The molecule has 1 aromatic carbocycles. The topological polar surface area (TPSA) is 163 Å². The highest BCUT2D eigenvalue weighted by Crippen LogP contribution is 2.25. The molecule has 0 spiro atoms. The smallest absolute Gasteiger partial charge is 0.252 e. The Bertz CT molecular complexity index is 1250. The Morgan fingerprint density at radius 3 is 2.06 bits per heavy atom. The molecule has 1 aromatic rings. The molecule has 2 atom stereocenters. The number of carbonyl (C=O) groups is 5. The highest BCUT2D eigenvalue weighted by Gasteiger charge is 2.36. The molecule has 3 rings (SSSR count). The number of anilines is 1. The van der Waals surface area contributed by atoms with Crippen LogP contribution in [-0.2, 0) is 35.8 Å². The van der Waals surface area contributed by atoms with E-state index in [0.717, 1.165) is 22.8 Å². The zero-order chi connectivity index (χ0) is 36.8. The van der Waals surface area contributed by atoms with E-state index in [-0.39, 0.29) is 41.7 Å². The van der Waals surface area contributed by atoms with E-state index in [0.29, 0.717) is 56.4 Å². The SMILES string of the molecule is CCCCCCCC[S+](CCCCCCCC)Cc1ccc2cc1C(=O)NCC(=O)NCC(=O)NCCCC[C@H](N)C(=O)N1CCC[C@H]1C(=O)N2. The van der Waals surface area contributed by atoms with Crippen molar-refractivity contribution in [2.45, 2.75) is 141 Å². The fraction of sp³-hybridized carbons (Fsp3) is 0.718. The lowest BCUT2D eigenvalue weighted by molar-refractivity contribution is -0.137. The van der Waals surface area contributed by atoms with Gasteiger partial charge in [-0.2, -0.15) is 0 Å². The van der Waals surface area contributed by atoms with Crippen molar-refractivity contribution in [1.29, 1.82) is 0 Å². The predicted molar refractivity (Wildman–Crippen MR) is 208 cm³/mol. The Morgan fingerprint density at radius 2 is 1.37 bits per heavy atom. The number of nitrogens with zero attached hydrogens (tertiary/aromatic N) is 1. The number of hydrogen-bond acceptors (Lipinski definition) is 6. The van der Waals surface area contributed by atoms with Crippen LogP contribution in [0.1, 0.15) is 139 Å². The van der Waals surface area contributed by atoms with Crippen molar-refractivity contribution in [2.75, 3.05) is 43.0 Å². The van der Waals surface area contributed by atoms with Gasteiger partial charge in [0.2, 0.25) is 23.6 Å². The number of benzene rings is 1. The molecule has 11 nitrogen and oxygen atoms in total. The predicted octanol–water partition coefficient (Wildman–Crippen LogP) is 4.93. The van der Waals surface area contributed by atoms with Gasteiger partial charge in [-0.25, -0.2) is 0 Å². The van der Waals surface area contributed by atoms with Crippen LogP contribution in [0.5, 0.6) is 0 Å². The van der Waals surface area contributed by atoms with Crippen molar-refractivity contribution in [3.8, 4) is 0 Å². The number of carbonyl (C=O) groups excluding carboxylic acids is 5. The maximum atomic E-state index is 13.7. The van der Waals surface area contributed by atoms with Crippen LogP contribution < -0.4 is 27.0 Å². The molecule has 0 unspecified atom stereocenters. The molecule has 2 bridgehead atoms. The number of nitrogens with one attached hydrogen (secondary N) is 4. The second-order valence-electron chi connectivity index (χ2n) is 14.2. The number of nitrogens with two attached hydrogens (primary N) is 1. The Morgan fingerprint density at radius 1 is 0.745 bits per heavy atom. The van der Waals surface area contributed by atoms with Gasteiger partial charge in [-0.05, 0) is 80.8 Å². The zero-order valence-corrected chi connectivity index (χ0v) is 32.1. The number of hydrogen-bond donors (Lipinski definition) is 5. The summed E-state index contributed by atoms with van der Waals surface area (Å²) in [5.74, 6) is 1.26. The molecule has 286 valence electrons. The number of fused-ring (bicyclic) bond motifs is 3. The van der Waals surface area contributed by atoms with E-state index in [4.69, 9.17) is 5.73 Å². The summed E-state index contributed by atoms with van der Waals surface area (Å²) in [6.07, 6.45) is 17.8. The Kier molecular flexibility index (Phi) is 20.1. The van der Waals surface area contributed by atoms with E-state index in [9.17, 15) is 24.0 Å².